The Morgan fingerprint density at radius 3 is 2.53 bits per heavy atom. The summed E-state index contributed by atoms with van der Waals surface area (Å²) in [6, 6.07) is 14.7. The Morgan fingerprint density at radius 1 is 1.16 bits per heavy atom. The van der Waals surface area contributed by atoms with E-state index in [0.29, 0.717) is 28.8 Å². The van der Waals surface area contributed by atoms with Crippen molar-refractivity contribution in [3.8, 4) is 5.75 Å². The first-order chi connectivity index (χ1) is 18.1. The summed E-state index contributed by atoms with van der Waals surface area (Å²) in [5, 5.41) is 2.29. The molecule has 0 spiro atoms. The maximum absolute atomic E-state index is 13.6. The largest absolute Gasteiger partial charge is 0.496 e. The minimum Gasteiger partial charge on any atom is -0.496 e. The van der Waals surface area contributed by atoms with E-state index < -0.39 is 22.0 Å². The maximum Gasteiger partial charge on any atom is 0.373 e. The zero-order valence-corrected chi connectivity index (χ0v) is 22.5. The second-order valence-electron chi connectivity index (χ2n) is 7.85. The van der Waals surface area contributed by atoms with Gasteiger partial charge in [-0.15, -0.1) is 11.3 Å². The highest BCUT2D eigenvalue weighted by molar-refractivity contribution is 7.89. The monoisotopic (exact) mass is 575 g/mol. The first-order valence-electron chi connectivity index (χ1n) is 10.9. The molecule has 2 N–H and O–H groups in total. The van der Waals surface area contributed by atoms with E-state index in [-0.39, 0.29) is 21.6 Å². The van der Waals surface area contributed by atoms with Crippen LogP contribution >= 0.6 is 22.9 Å². The molecule has 0 radical (unpaired) electrons. The number of halogens is 1. The Kier molecular flexibility index (Phi) is 9.56. The normalized spacial score (nSPS) is 11.7. The van der Waals surface area contributed by atoms with Crippen molar-refractivity contribution in [1.82, 2.24) is 14.6 Å². The highest BCUT2D eigenvalue weighted by Gasteiger charge is 2.32. The number of benzene rings is 2. The number of hydrogen-bond acceptors (Lipinski definition) is 8. The lowest BCUT2D eigenvalue weighted by atomic mass is 10.1. The number of carbonyl (C=O) groups excluding carboxylic acids is 3. The molecule has 4 rings (SSSR count). The van der Waals surface area contributed by atoms with Crippen molar-refractivity contribution in [1.29, 1.82) is 0 Å². The molecule has 2 aromatic heterocycles. The Balaban J connectivity index is 0.00000127. The Hall–Kier alpha value is -3.80. The van der Waals surface area contributed by atoms with Gasteiger partial charge in [0.15, 0.2) is 0 Å². The van der Waals surface area contributed by atoms with Crippen LogP contribution in [-0.2, 0) is 31.0 Å². The summed E-state index contributed by atoms with van der Waals surface area (Å²) in [6.07, 6.45) is 0.250. The number of para-hydroxylation sites is 1. The van der Waals surface area contributed by atoms with E-state index in [1.165, 1.54) is 47.6 Å². The number of fused-ring (bicyclic) bond motifs is 1. The topological polar surface area (TPSA) is 143 Å². The molecule has 0 fully saturated rings. The molecular formula is C25H22ClN3O7S2. The molecule has 4 aromatic rings. The number of aromatic amines is 1. The van der Waals surface area contributed by atoms with Crippen LogP contribution in [0.15, 0.2) is 75.7 Å². The van der Waals surface area contributed by atoms with Gasteiger partial charge in [-0.3, -0.25) is 9.59 Å². The van der Waals surface area contributed by atoms with Gasteiger partial charge in [0.05, 0.1) is 18.7 Å². The van der Waals surface area contributed by atoms with E-state index in [9.17, 15) is 18.0 Å². The van der Waals surface area contributed by atoms with Gasteiger partial charge in [-0.2, -0.15) is 14.3 Å². The number of aromatic nitrogens is 1. The van der Waals surface area contributed by atoms with Crippen LogP contribution in [0.25, 0.3) is 10.9 Å². The van der Waals surface area contributed by atoms with Crippen LogP contribution in [0, 0.1) is 0 Å². The Bertz CT molecular complexity index is 1630. The summed E-state index contributed by atoms with van der Waals surface area (Å²) >= 11 is 7.80. The second-order valence-corrected chi connectivity index (χ2v) is 11.0. The summed E-state index contributed by atoms with van der Waals surface area (Å²) in [5.74, 6) is -0.104. The molecule has 0 saturated heterocycles. The van der Waals surface area contributed by atoms with Gasteiger partial charge in [-0.05, 0) is 41.1 Å². The fourth-order valence-electron chi connectivity index (χ4n) is 3.67. The second kappa shape index (κ2) is 12.6. The van der Waals surface area contributed by atoms with E-state index >= 15 is 0 Å². The zero-order chi connectivity index (χ0) is 27.9. The van der Waals surface area contributed by atoms with Crippen molar-refractivity contribution in [2.75, 3.05) is 14.2 Å². The Morgan fingerprint density at radius 2 is 1.87 bits per heavy atom. The van der Waals surface area contributed by atoms with Crippen LogP contribution < -0.4 is 15.0 Å². The summed E-state index contributed by atoms with van der Waals surface area (Å²) in [6.45, 7) is 0.313. The number of carbonyl (C=O) groups is 1. The van der Waals surface area contributed by atoms with Crippen molar-refractivity contribution in [3.05, 3.63) is 91.9 Å². The molecule has 0 aliphatic carbocycles. The molecule has 1 amide bonds. The van der Waals surface area contributed by atoms with Gasteiger partial charge in [-0.1, -0.05) is 35.9 Å². The minimum atomic E-state index is -4.28. The maximum atomic E-state index is 13.6. The third kappa shape index (κ3) is 6.74. The van der Waals surface area contributed by atoms with Crippen molar-refractivity contribution in [3.63, 3.8) is 0 Å². The van der Waals surface area contributed by atoms with Crippen LogP contribution in [0.5, 0.6) is 5.75 Å². The number of nitrogens with one attached hydrogen (secondary N) is 2. The molecule has 198 valence electrons. The molecule has 13 heteroatoms. The molecule has 10 nitrogen and oxygen atoms in total. The van der Waals surface area contributed by atoms with Gasteiger partial charge < -0.3 is 14.6 Å². The molecular weight excluding hydrogens is 554 g/mol. The standard InChI is InChI=1S/C24H22ClN3O5S2.CO2/c1-28(14-16-6-5-11-34-16)24(30)23(17-7-3-4-8-20(17)33-2)27-35(31,32)21-12-15-9-10-22(29)26-19(15)13-18(21)25;2-1-3/h3-13,23,27H,14H2,1-2H3,(H,26,29);/t23-;/m1./s1. The average Bonchev–Trinajstić information content (AvgIpc) is 3.40. The molecule has 0 bridgehead atoms. The van der Waals surface area contributed by atoms with Crippen molar-refractivity contribution in [2.45, 2.75) is 17.5 Å². The number of sulfonamides is 1. The van der Waals surface area contributed by atoms with Crippen LogP contribution in [0.4, 0.5) is 0 Å². The van der Waals surface area contributed by atoms with Crippen LogP contribution in [0.3, 0.4) is 0 Å². The number of H-pyrrole nitrogens is 1. The third-order valence-corrected chi connectivity index (χ3v) is 8.13. The highest BCUT2D eigenvalue weighted by atomic mass is 35.5. The number of pyridine rings is 1. The van der Waals surface area contributed by atoms with Gasteiger partial charge in [0.25, 0.3) is 0 Å². The number of thiophene rings is 1. The highest BCUT2D eigenvalue weighted by Crippen LogP contribution is 2.31. The minimum absolute atomic E-state index is 0.0926. The summed E-state index contributed by atoms with van der Waals surface area (Å²) in [4.78, 5) is 46.2. The first-order valence-corrected chi connectivity index (χ1v) is 13.6. The van der Waals surface area contributed by atoms with Crippen molar-refractivity contribution in [2.24, 2.45) is 0 Å². The fraction of sp³-hybridized carbons (Fsp3) is 0.160. The van der Waals surface area contributed by atoms with Crippen molar-refractivity contribution < 1.29 is 27.5 Å². The number of ether oxygens (including phenoxy) is 1. The van der Waals surface area contributed by atoms with E-state index in [1.54, 1.807) is 31.3 Å². The third-order valence-electron chi connectivity index (χ3n) is 5.38. The van der Waals surface area contributed by atoms with E-state index in [0.717, 1.165) is 4.88 Å². The van der Waals surface area contributed by atoms with E-state index in [1.807, 2.05) is 17.5 Å². The van der Waals surface area contributed by atoms with Gasteiger partial charge in [0, 0.05) is 29.1 Å². The van der Waals surface area contributed by atoms with E-state index in [2.05, 4.69) is 9.71 Å². The lowest BCUT2D eigenvalue weighted by Gasteiger charge is -2.26. The molecule has 0 aliphatic heterocycles. The van der Waals surface area contributed by atoms with Gasteiger partial charge >= 0.3 is 6.15 Å². The Labute approximate surface area is 226 Å². The molecule has 0 saturated carbocycles. The smallest absolute Gasteiger partial charge is 0.373 e. The molecule has 0 aliphatic rings. The summed E-state index contributed by atoms with van der Waals surface area (Å²) in [5.41, 5.74) is 0.426. The molecule has 0 unspecified atom stereocenters. The van der Waals surface area contributed by atoms with Crippen LogP contribution in [0.1, 0.15) is 16.5 Å². The number of nitrogens with zero attached hydrogens (tertiary/aromatic N) is 1. The zero-order valence-electron chi connectivity index (χ0n) is 20.1. The van der Waals surface area contributed by atoms with Crippen LogP contribution in [-0.4, -0.2) is 44.5 Å². The lowest BCUT2D eigenvalue weighted by molar-refractivity contribution is -0.191. The lowest BCUT2D eigenvalue weighted by Crippen LogP contribution is -2.41. The summed E-state index contributed by atoms with van der Waals surface area (Å²) in [7, 11) is -1.22. The molecule has 38 heavy (non-hydrogen) atoms. The fourth-order valence-corrected chi connectivity index (χ4v) is 6.15. The van der Waals surface area contributed by atoms with Gasteiger partial charge in [-0.25, -0.2) is 8.42 Å². The summed E-state index contributed by atoms with van der Waals surface area (Å²) < 4.78 is 35.0. The number of likely N-dealkylation sites (N-methyl/N-ethyl adjacent to an activating group) is 1. The predicted molar refractivity (Wildman–Crippen MR) is 141 cm³/mol. The first kappa shape index (κ1) is 28.8. The molecule has 2 aromatic carbocycles. The van der Waals surface area contributed by atoms with Crippen molar-refractivity contribution >= 4 is 55.9 Å². The van der Waals surface area contributed by atoms with Gasteiger partial charge in [0.1, 0.15) is 16.7 Å². The van der Waals surface area contributed by atoms with Gasteiger partial charge in [0.2, 0.25) is 21.5 Å². The average molecular weight is 576 g/mol. The number of hydrogen-bond donors (Lipinski definition) is 2. The number of methoxy groups -OCH3 is 1. The number of rotatable bonds is 8. The molecule has 2 heterocycles. The quantitative estimate of drug-likeness (QED) is 0.328. The predicted octanol–water partition coefficient (Wildman–Crippen LogP) is 3.35. The van der Waals surface area contributed by atoms with E-state index in [4.69, 9.17) is 25.9 Å². The SMILES string of the molecule is COc1ccccc1[C@@H](NS(=O)(=O)c1cc2ccc(=O)[nH]c2cc1Cl)C(=O)N(C)Cc1cccs1.O=C=O. The van der Waals surface area contributed by atoms with Crippen LogP contribution in [0.2, 0.25) is 5.02 Å². The molecule has 1 atom stereocenters. The number of amides is 1.